The predicted octanol–water partition coefficient (Wildman–Crippen LogP) is 0.535. The van der Waals surface area contributed by atoms with Gasteiger partial charge in [0.15, 0.2) is 0 Å². The highest BCUT2D eigenvalue weighted by Gasteiger charge is 2.32. The van der Waals surface area contributed by atoms with Crippen molar-refractivity contribution >= 4 is 17.9 Å². The van der Waals surface area contributed by atoms with E-state index in [0.29, 0.717) is 19.4 Å². The minimum Gasteiger partial charge on any atom is -0.480 e. The molecule has 1 heterocycles. The van der Waals surface area contributed by atoms with Gasteiger partial charge in [0.25, 0.3) is 0 Å². The van der Waals surface area contributed by atoms with Crippen molar-refractivity contribution in [2.24, 2.45) is 11.7 Å². The second kappa shape index (κ2) is 7.12. The molecule has 4 N–H and O–H groups in total. The fourth-order valence-electron chi connectivity index (χ4n) is 2.40. The van der Waals surface area contributed by atoms with Gasteiger partial charge in [0.05, 0.1) is 0 Å². The van der Waals surface area contributed by atoms with Gasteiger partial charge in [-0.3, -0.25) is 4.79 Å². The molecule has 0 aliphatic carbocycles. The normalized spacial score (nSPS) is 20.6. The number of likely N-dealkylation sites (tertiary alicyclic amines) is 1. The van der Waals surface area contributed by atoms with Crippen LogP contribution in [0, 0.1) is 5.92 Å². The molecule has 0 aromatic rings. The highest BCUT2D eigenvalue weighted by atomic mass is 16.4. The summed E-state index contributed by atoms with van der Waals surface area (Å²) in [4.78, 5) is 36.0. The third-order valence-corrected chi connectivity index (χ3v) is 3.39. The van der Waals surface area contributed by atoms with Crippen molar-refractivity contribution in [2.45, 2.75) is 51.6 Å². The predicted molar refractivity (Wildman–Crippen MR) is 72.9 cm³/mol. The SMILES string of the molecule is CC(C)CC(NC(=O)N1CCCCC1C(N)=O)C(=O)O. The van der Waals surface area contributed by atoms with Gasteiger partial charge >= 0.3 is 12.0 Å². The lowest BCUT2D eigenvalue weighted by molar-refractivity contribution is -0.139. The van der Waals surface area contributed by atoms with Crippen LogP contribution >= 0.6 is 0 Å². The van der Waals surface area contributed by atoms with Crippen molar-refractivity contribution in [3.05, 3.63) is 0 Å². The lowest BCUT2D eigenvalue weighted by Gasteiger charge is -2.34. The molecule has 2 unspecified atom stereocenters. The Morgan fingerprint density at radius 1 is 1.35 bits per heavy atom. The van der Waals surface area contributed by atoms with E-state index in [9.17, 15) is 14.4 Å². The van der Waals surface area contributed by atoms with Crippen LogP contribution in [-0.4, -0.2) is 46.5 Å². The maximum atomic E-state index is 12.2. The van der Waals surface area contributed by atoms with E-state index in [-0.39, 0.29) is 5.92 Å². The van der Waals surface area contributed by atoms with Crippen LogP contribution in [0.25, 0.3) is 0 Å². The van der Waals surface area contributed by atoms with Gasteiger partial charge in [-0.25, -0.2) is 9.59 Å². The molecule has 0 saturated carbocycles. The van der Waals surface area contributed by atoms with E-state index >= 15 is 0 Å². The Morgan fingerprint density at radius 2 is 2.00 bits per heavy atom. The van der Waals surface area contributed by atoms with Crippen LogP contribution in [0.4, 0.5) is 4.79 Å². The Balaban J connectivity index is 2.71. The summed E-state index contributed by atoms with van der Waals surface area (Å²) < 4.78 is 0. The summed E-state index contributed by atoms with van der Waals surface area (Å²) in [6.45, 7) is 4.19. The van der Waals surface area contributed by atoms with Crippen molar-refractivity contribution in [1.29, 1.82) is 0 Å². The monoisotopic (exact) mass is 285 g/mol. The second-order valence-corrected chi connectivity index (χ2v) is 5.58. The van der Waals surface area contributed by atoms with Crippen molar-refractivity contribution in [2.75, 3.05) is 6.54 Å². The van der Waals surface area contributed by atoms with Crippen LogP contribution in [0.15, 0.2) is 0 Å². The molecule has 1 aliphatic rings. The minimum atomic E-state index is -1.07. The van der Waals surface area contributed by atoms with Crippen LogP contribution in [0.1, 0.15) is 39.5 Å². The molecule has 0 radical (unpaired) electrons. The van der Waals surface area contributed by atoms with Crippen LogP contribution in [0.2, 0.25) is 0 Å². The number of aliphatic carboxylic acids is 1. The fraction of sp³-hybridized carbons (Fsp3) is 0.769. The fourth-order valence-corrected chi connectivity index (χ4v) is 2.40. The highest BCUT2D eigenvalue weighted by Crippen LogP contribution is 2.17. The lowest BCUT2D eigenvalue weighted by Crippen LogP contribution is -2.56. The van der Waals surface area contributed by atoms with Crippen molar-refractivity contribution in [3.63, 3.8) is 0 Å². The number of nitrogens with two attached hydrogens (primary N) is 1. The quantitative estimate of drug-likeness (QED) is 0.684. The van der Waals surface area contributed by atoms with E-state index in [1.54, 1.807) is 0 Å². The molecular formula is C13H23N3O4. The second-order valence-electron chi connectivity index (χ2n) is 5.58. The van der Waals surface area contributed by atoms with Crippen LogP contribution < -0.4 is 11.1 Å². The number of amides is 3. The number of carboxylic acids is 1. The molecule has 114 valence electrons. The third kappa shape index (κ3) is 4.40. The number of hydrogen-bond donors (Lipinski definition) is 3. The molecule has 1 saturated heterocycles. The standard InChI is InChI=1S/C13H23N3O4/c1-8(2)7-9(12(18)19)15-13(20)16-6-4-3-5-10(16)11(14)17/h8-10H,3-7H2,1-2H3,(H2,14,17)(H,15,20)(H,18,19). The Hall–Kier alpha value is -1.79. The zero-order valence-corrected chi connectivity index (χ0v) is 12.0. The number of hydrogen-bond acceptors (Lipinski definition) is 3. The van der Waals surface area contributed by atoms with E-state index in [0.717, 1.165) is 12.8 Å². The van der Waals surface area contributed by atoms with Gasteiger partial charge in [0.1, 0.15) is 12.1 Å². The Kier molecular flexibility index (Phi) is 5.79. The van der Waals surface area contributed by atoms with E-state index in [1.807, 2.05) is 13.8 Å². The average molecular weight is 285 g/mol. The van der Waals surface area contributed by atoms with Crippen LogP contribution in [0.5, 0.6) is 0 Å². The van der Waals surface area contributed by atoms with Crippen molar-refractivity contribution < 1.29 is 19.5 Å². The maximum absolute atomic E-state index is 12.2. The van der Waals surface area contributed by atoms with Crippen molar-refractivity contribution in [3.8, 4) is 0 Å². The largest absolute Gasteiger partial charge is 0.480 e. The van der Waals surface area contributed by atoms with Crippen molar-refractivity contribution in [1.82, 2.24) is 10.2 Å². The molecule has 7 heteroatoms. The van der Waals surface area contributed by atoms with Crippen LogP contribution in [-0.2, 0) is 9.59 Å². The number of carbonyl (C=O) groups is 3. The van der Waals surface area contributed by atoms with Gasteiger partial charge in [0.2, 0.25) is 5.91 Å². The topological polar surface area (TPSA) is 113 Å². The molecule has 7 nitrogen and oxygen atoms in total. The molecule has 20 heavy (non-hydrogen) atoms. The van der Waals surface area contributed by atoms with Gasteiger partial charge < -0.3 is 21.1 Å². The Morgan fingerprint density at radius 3 is 2.50 bits per heavy atom. The molecule has 1 fully saturated rings. The number of primary amides is 1. The molecule has 1 aliphatic heterocycles. The number of carboxylic acid groups (broad SMARTS) is 1. The van der Waals surface area contributed by atoms with E-state index in [1.165, 1.54) is 4.90 Å². The zero-order chi connectivity index (χ0) is 15.3. The molecular weight excluding hydrogens is 262 g/mol. The summed E-state index contributed by atoms with van der Waals surface area (Å²) in [6.07, 6.45) is 2.51. The summed E-state index contributed by atoms with van der Waals surface area (Å²) in [5.41, 5.74) is 5.29. The average Bonchev–Trinajstić information content (AvgIpc) is 2.37. The van der Waals surface area contributed by atoms with Gasteiger partial charge in [-0.15, -0.1) is 0 Å². The Bertz CT molecular complexity index is 384. The molecule has 0 bridgehead atoms. The van der Waals surface area contributed by atoms with Gasteiger partial charge in [-0.1, -0.05) is 13.8 Å². The number of urea groups is 1. The first kappa shape index (κ1) is 16.3. The van der Waals surface area contributed by atoms with E-state index < -0.39 is 30.0 Å². The molecule has 0 aromatic carbocycles. The number of nitrogens with one attached hydrogen (secondary N) is 1. The molecule has 3 amide bonds. The van der Waals surface area contributed by atoms with Gasteiger partial charge in [0, 0.05) is 6.54 Å². The summed E-state index contributed by atoms with van der Waals surface area (Å²) in [7, 11) is 0. The lowest BCUT2D eigenvalue weighted by atomic mass is 10.0. The first-order valence-electron chi connectivity index (χ1n) is 6.92. The number of nitrogens with zero attached hydrogens (tertiary/aromatic N) is 1. The molecule has 2 atom stereocenters. The molecule has 0 aromatic heterocycles. The first-order chi connectivity index (χ1) is 9.32. The van der Waals surface area contributed by atoms with Gasteiger partial charge in [-0.2, -0.15) is 0 Å². The summed E-state index contributed by atoms with van der Waals surface area (Å²) in [5, 5.41) is 11.6. The summed E-state index contributed by atoms with van der Waals surface area (Å²) in [6, 6.07) is -2.11. The smallest absolute Gasteiger partial charge is 0.326 e. The highest BCUT2D eigenvalue weighted by molar-refractivity contribution is 5.88. The number of rotatable bonds is 5. The van der Waals surface area contributed by atoms with Gasteiger partial charge in [-0.05, 0) is 31.6 Å². The maximum Gasteiger partial charge on any atom is 0.326 e. The first-order valence-corrected chi connectivity index (χ1v) is 6.92. The number of piperidine rings is 1. The van der Waals surface area contributed by atoms with Crippen LogP contribution in [0.3, 0.4) is 0 Å². The summed E-state index contributed by atoms with van der Waals surface area (Å²) >= 11 is 0. The Labute approximate surface area is 118 Å². The zero-order valence-electron chi connectivity index (χ0n) is 12.0. The molecule has 1 rings (SSSR count). The van der Waals surface area contributed by atoms with E-state index in [4.69, 9.17) is 10.8 Å². The molecule has 0 spiro atoms. The third-order valence-electron chi connectivity index (χ3n) is 3.39. The minimum absolute atomic E-state index is 0.143. The van der Waals surface area contributed by atoms with E-state index in [2.05, 4.69) is 5.32 Å². The summed E-state index contributed by atoms with van der Waals surface area (Å²) in [5.74, 6) is -1.47. The number of carbonyl (C=O) groups excluding carboxylic acids is 2.